The van der Waals surface area contributed by atoms with E-state index in [9.17, 15) is 5.11 Å². The molecule has 125 valence electrons. The summed E-state index contributed by atoms with van der Waals surface area (Å²) in [5.41, 5.74) is 5.70. The van der Waals surface area contributed by atoms with E-state index in [0.717, 1.165) is 18.4 Å². The minimum absolute atomic E-state index is 0.300. The summed E-state index contributed by atoms with van der Waals surface area (Å²) in [6.07, 6.45) is 3.45. The lowest BCUT2D eigenvalue weighted by atomic mass is 9.62. The maximum atomic E-state index is 9.66. The molecule has 0 bridgehead atoms. The molecule has 1 aliphatic rings. The molecule has 0 atom stereocenters. The standard InChI is InChI=1S/C23H27O/c1-22(2)14-19(15-23(3,4)16-22)21(17-8-6-5-7-9-17)18-10-12-20(24)13-11-18/h5-8,10-13,24H,14-16H2,1-4H3. The molecule has 0 aliphatic heterocycles. The summed E-state index contributed by atoms with van der Waals surface area (Å²) < 4.78 is 0. The van der Waals surface area contributed by atoms with Crippen LogP contribution in [0.15, 0.2) is 54.1 Å². The molecule has 1 nitrogen and oxygen atoms in total. The maximum Gasteiger partial charge on any atom is 0.115 e. The van der Waals surface area contributed by atoms with Gasteiger partial charge in [0.1, 0.15) is 5.75 Å². The van der Waals surface area contributed by atoms with Gasteiger partial charge in [-0.25, -0.2) is 0 Å². The van der Waals surface area contributed by atoms with E-state index < -0.39 is 0 Å². The molecule has 1 aliphatic carbocycles. The summed E-state index contributed by atoms with van der Waals surface area (Å²) in [5.74, 6) is 0.310. The van der Waals surface area contributed by atoms with E-state index in [1.807, 2.05) is 24.3 Å². The third kappa shape index (κ3) is 3.72. The third-order valence-corrected chi connectivity index (χ3v) is 4.83. The van der Waals surface area contributed by atoms with Crippen LogP contribution in [0.5, 0.6) is 5.75 Å². The molecule has 24 heavy (non-hydrogen) atoms. The van der Waals surface area contributed by atoms with Crippen molar-refractivity contribution in [1.29, 1.82) is 0 Å². The van der Waals surface area contributed by atoms with Gasteiger partial charge >= 0.3 is 0 Å². The molecule has 1 fully saturated rings. The van der Waals surface area contributed by atoms with Crippen molar-refractivity contribution in [1.82, 2.24) is 0 Å². The number of phenols is 1. The Bertz CT molecular complexity index is 715. The highest BCUT2D eigenvalue weighted by Crippen LogP contribution is 2.50. The van der Waals surface area contributed by atoms with Crippen LogP contribution < -0.4 is 0 Å². The number of phenolic OH excluding ortho intramolecular Hbond substituents is 1. The smallest absolute Gasteiger partial charge is 0.115 e. The van der Waals surface area contributed by atoms with Crippen molar-refractivity contribution < 1.29 is 5.11 Å². The molecule has 0 heterocycles. The van der Waals surface area contributed by atoms with E-state index >= 15 is 0 Å². The lowest BCUT2D eigenvalue weighted by molar-refractivity contribution is 0.154. The van der Waals surface area contributed by atoms with E-state index in [0.29, 0.717) is 16.6 Å². The molecule has 0 spiro atoms. The molecule has 2 aromatic carbocycles. The summed E-state index contributed by atoms with van der Waals surface area (Å²) in [4.78, 5) is 0. The molecule has 2 aromatic rings. The Morgan fingerprint density at radius 3 is 2.08 bits per heavy atom. The first-order valence-corrected chi connectivity index (χ1v) is 8.74. The summed E-state index contributed by atoms with van der Waals surface area (Å²) in [7, 11) is 0. The van der Waals surface area contributed by atoms with Gasteiger partial charge in [0.15, 0.2) is 0 Å². The van der Waals surface area contributed by atoms with Gasteiger partial charge in [-0.2, -0.15) is 0 Å². The van der Waals surface area contributed by atoms with Crippen LogP contribution in [0, 0.1) is 16.9 Å². The first-order chi connectivity index (χ1) is 11.3. The van der Waals surface area contributed by atoms with E-state index in [1.54, 1.807) is 12.1 Å². The molecular formula is C23H27O. The molecule has 1 heteroatoms. The molecule has 0 amide bonds. The molecule has 0 saturated heterocycles. The second-order valence-electron chi connectivity index (χ2n) is 8.66. The Balaban J connectivity index is 2.18. The van der Waals surface area contributed by atoms with Gasteiger partial charge in [0, 0.05) is 0 Å². The second kappa shape index (κ2) is 6.12. The van der Waals surface area contributed by atoms with Gasteiger partial charge < -0.3 is 5.11 Å². The first kappa shape index (κ1) is 16.8. The van der Waals surface area contributed by atoms with Crippen molar-refractivity contribution in [3.63, 3.8) is 0 Å². The predicted octanol–water partition coefficient (Wildman–Crippen LogP) is 6.23. The number of allylic oxidation sites excluding steroid dienone is 1. The summed E-state index contributed by atoms with van der Waals surface area (Å²) in [6, 6.07) is 19.2. The van der Waals surface area contributed by atoms with Crippen LogP contribution in [0.2, 0.25) is 0 Å². The molecule has 0 unspecified atom stereocenters. The Morgan fingerprint density at radius 1 is 0.917 bits per heavy atom. The predicted molar refractivity (Wildman–Crippen MR) is 101 cm³/mol. The van der Waals surface area contributed by atoms with Crippen LogP contribution in [-0.2, 0) is 0 Å². The van der Waals surface area contributed by atoms with Crippen molar-refractivity contribution in [2.75, 3.05) is 0 Å². The van der Waals surface area contributed by atoms with Gasteiger partial charge in [0.25, 0.3) is 0 Å². The third-order valence-electron chi connectivity index (χ3n) is 4.83. The largest absolute Gasteiger partial charge is 0.508 e. The van der Waals surface area contributed by atoms with Crippen molar-refractivity contribution in [3.05, 3.63) is 71.3 Å². The summed E-state index contributed by atoms with van der Waals surface area (Å²) in [6.45, 7) is 9.49. The van der Waals surface area contributed by atoms with Gasteiger partial charge in [0.2, 0.25) is 0 Å². The average molecular weight is 319 g/mol. The van der Waals surface area contributed by atoms with Gasteiger partial charge in [-0.1, -0.05) is 69.7 Å². The van der Waals surface area contributed by atoms with Crippen molar-refractivity contribution in [2.24, 2.45) is 10.8 Å². The molecule has 1 saturated carbocycles. The number of aromatic hydroxyl groups is 1. The van der Waals surface area contributed by atoms with Crippen molar-refractivity contribution >= 4 is 5.57 Å². The SMILES string of the molecule is CC1(C)CC(=C(c2[c]cccc2)c2ccc(O)cc2)CC(C)(C)C1. The molecule has 0 aromatic heterocycles. The van der Waals surface area contributed by atoms with Crippen LogP contribution in [0.25, 0.3) is 5.57 Å². The highest BCUT2D eigenvalue weighted by atomic mass is 16.3. The van der Waals surface area contributed by atoms with Crippen LogP contribution in [0.1, 0.15) is 58.1 Å². The minimum atomic E-state index is 0.300. The fourth-order valence-electron chi connectivity index (χ4n) is 4.54. The lowest BCUT2D eigenvalue weighted by Gasteiger charge is -2.43. The van der Waals surface area contributed by atoms with E-state index in [2.05, 4.69) is 45.9 Å². The maximum absolute atomic E-state index is 9.66. The Morgan fingerprint density at radius 2 is 1.54 bits per heavy atom. The monoisotopic (exact) mass is 319 g/mol. The van der Waals surface area contributed by atoms with Gasteiger partial charge in [-0.3, -0.25) is 0 Å². The first-order valence-electron chi connectivity index (χ1n) is 8.74. The number of hydrogen-bond acceptors (Lipinski definition) is 1. The molecule has 1 N–H and O–H groups in total. The fourth-order valence-corrected chi connectivity index (χ4v) is 4.54. The van der Waals surface area contributed by atoms with Crippen LogP contribution in [-0.4, -0.2) is 5.11 Å². The number of benzene rings is 2. The highest BCUT2D eigenvalue weighted by molar-refractivity contribution is 5.82. The Hall–Kier alpha value is -2.02. The number of rotatable bonds is 2. The quantitative estimate of drug-likeness (QED) is 0.695. The zero-order valence-electron chi connectivity index (χ0n) is 15.2. The van der Waals surface area contributed by atoms with Crippen molar-refractivity contribution in [3.8, 4) is 5.75 Å². The highest BCUT2D eigenvalue weighted by Gasteiger charge is 2.37. The second-order valence-corrected chi connectivity index (χ2v) is 8.66. The zero-order valence-corrected chi connectivity index (χ0v) is 15.2. The van der Waals surface area contributed by atoms with Crippen molar-refractivity contribution in [2.45, 2.75) is 47.0 Å². The van der Waals surface area contributed by atoms with E-state index in [1.165, 1.54) is 23.1 Å². The summed E-state index contributed by atoms with van der Waals surface area (Å²) >= 11 is 0. The lowest BCUT2D eigenvalue weighted by Crippen LogP contribution is -2.30. The fraction of sp³-hybridized carbons (Fsp3) is 0.391. The van der Waals surface area contributed by atoms with Crippen LogP contribution >= 0.6 is 0 Å². The van der Waals surface area contributed by atoms with Gasteiger partial charge in [-0.05, 0) is 65.0 Å². The van der Waals surface area contributed by atoms with E-state index in [4.69, 9.17) is 0 Å². The number of hydrogen-bond donors (Lipinski definition) is 1. The minimum Gasteiger partial charge on any atom is -0.508 e. The molecular weight excluding hydrogens is 292 g/mol. The van der Waals surface area contributed by atoms with E-state index in [-0.39, 0.29) is 0 Å². The van der Waals surface area contributed by atoms with Crippen LogP contribution in [0.4, 0.5) is 0 Å². The summed E-state index contributed by atoms with van der Waals surface area (Å²) in [5, 5.41) is 9.66. The van der Waals surface area contributed by atoms with Crippen LogP contribution in [0.3, 0.4) is 0 Å². The Labute approximate surface area is 146 Å². The van der Waals surface area contributed by atoms with Gasteiger partial charge in [0.05, 0.1) is 0 Å². The zero-order chi connectivity index (χ0) is 17.4. The topological polar surface area (TPSA) is 20.2 Å². The normalized spacial score (nSPS) is 19.1. The average Bonchev–Trinajstić information content (AvgIpc) is 2.47. The molecule has 3 rings (SSSR count). The molecule has 1 radical (unpaired) electrons. The van der Waals surface area contributed by atoms with Gasteiger partial charge in [-0.15, -0.1) is 0 Å². The Kier molecular flexibility index (Phi) is 4.29.